The van der Waals surface area contributed by atoms with Crippen LogP contribution in [0.2, 0.25) is 0 Å². The normalized spacial score (nSPS) is 35.5. The van der Waals surface area contributed by atoms with Gasteiger partial charge in [-0.05, 0) is 72.3 Å². The van der Waals surface area contributed by atoms with Gasteiger partial charge in [-0.1, -0.05) is 43.3 Å². The Bertz CT molecular complexity index is 856. The van der Waals surface area contributed by atoms with Crippen LogP contribution in [-0.4, -0.2) is 10.9 Å². The largest absolute Gasteiger partial charge is 0.508 e. The summed E-state index contributed by atoms with van der Waals surface area (Å²) in [6.45, 7) is 2.23. The van der Waals surface area contributed by atoms with Gasteiger partial charge < -0.3 is 5.11 Å². The molecule has 0 amide bonds. The Kier molecular flexibility index (Phi) is 3.53. The quantitative estimate of drug-likeness (QED) is 0.750. The number of rotatable bonds is 1. The van der Waals surface area contributed by atoms with Crippen LogP contribution in [0, 0.1) is 17.3 Å². The summed E-state index contributed by atoms with van der Waals surface area (Å²) in [4.78, 5) is 12.6. The zero-order valence-corrected chi connectivity index (χ0v) is 15.3. The molecule has 2 aromatic rings. The number of carbonyl (C=O) groups is 1. The highest BCUT2D eigenvalue weighted by Crippen LogP contribution is 2.62. The molecule has 0 spiro atoms. The average molecular weight is 346 g/mol. The number of phenols is 1. The summed E-state index contributed by atoms with van der Waals surface area (Å²) in [5.74, 6) is 2.80. The van der Waals surface area contributed by atoms with Crippen LogP contribution in [0.25, 0.3) is 0 Å². The van der Waals surface area contributed by atoms with Crippen molar-refractivity contribution >= 4 is 5.78 Å². The molecular weight excluding hydrogens is 320 g/mol. The maximum absolute atomic E-state index is 12.6. The van der Waals surface area contributed by atoms with Gasteiger partial charge in [0.15, 0.2) is 0 Å². The van der Waals surface area contributed by atoms with E-state index in [0.29, 0.717) is 35.2 Å². The molecule has 0 heterocycles. The van der Waals surface area contributed by atoms with Crippen molar-refractivity contribution in [1.29, 1.82) is 0 Å². The first-order valence-corrected chi connectivity index (χ1v) is 9.99. The van der Waals surface area contributed by atoms with E-state index in [1.807, 2.05) is 12.1 Å². The molecular formula is C24H26O2. The van der Waals surface area contributed by atoms with Gasteiger partial charge in [0.1, 0.15) is 11.5 Å². The number of hydrogen-bond acceptors (Lipinski definition) is 2. The first kappa shape index (κ1) is 16.1. The molecule has 5 rings (SSSR count). The monoisotopic (exact) mass is 346 g/mol. The summed E-state index contributed by atoms with van der Waals surface area (Å²) in [5, 5.41) is 10.1. The molecule has 134 valence electrons. The maximum Gasteiger partial charge on any atom is 0.139 e. The first-order valence-electron chi connectivity index (χ1n) is 9.99. The van der Waals surface area contributed by atoms with Crippen molar-refractivity contribution in [3.63, 3.8) is 0 Å². The summed E-state index contributed by atoms with van der Waals surface area (Å²) in [6.07, 6.45) is 5.05. The zero-order valence-electron chi connectivity index (χ0n) is 15.3. The van der Waals surface area contributed by atoms with Crippen LogP contribution in [0.3, 0.4) is 0 Å². The number of benzene rings is 2. The van der Waals surface area contributed by atoms with Crippen LogP contribution in [0.5, 0.6) is 5.75 Å². The van der Waals surface area contributed by atoms with Crippen molar-refractivity contribution in [3.05, 3.63) is 65.2 Å². The predicted octanol–water partition coefficient (Wildman–Crippen LogP) is 5.41. The molecule has 0 saturated heterocycles. The van der Waals surface area contributed by atoms with E-state index in [2.05, 4.69) is 43.3 Å². The Morgan fingerprint density at radius 3 is 2.65 bits per heavy atom. The molecule has 0 radical (unpaired) electrons. The van der Waals surface area contributed by atoms with Gasteiger partial charge in [-0.3, -0.25) is 4.79 Å². The minimum atomic E-state index is -0.100. The molecule has 2 aromatic carbocycles. The predicted molar refractivity (Wildman–Crippen MR) is 102 cm³/mol. The van der Waals surface area contributed by atoms with Crippen molar-refractivity contribution in [2.24, 2.45) is 17.3 Å². The van der Waals surface area contributed by atoms with E-state index in [0.717, 1.165) is 32.1 Å². The van der Waals surface area contributed by atoms with E-state index in [9.17, 15) is 9.90 Å². The van der Waals surface area contributed by atoms with E-state index in [1.165, 1.54) is 16.7 Å². The Morgan fingerprint density at radius 1 is 1.04 bits per heavy atom. The summed E-state index contributed by atoms with van der Waals surface area (Å²) >= 11 is 0. The van der Waals surface area contributed by atoms with E-state index < -0.39 is 0 Å². The van der Waals surface area contributed by atoms with Crippen molar-refractivity contribution in [1.82, 2.24) is 0 Å². The van der Waals surface area contributed by atoms with Gasteiger partial charge in [0.2, 0.25) is 0 Å². The molecule has 2 fully saturated rings. The van der Waals surface area contributed by atoms with Crippen LogP contribution < -0.4 is 0 Å². The molecule has 3 aliphatic carbocycles. The second kappa shape index (κ2) is 5.70. The number of carbonyl (C=O) groups excluding carboxylic acids is 1. The number of phenolic OH excluding ortho intramolecular Hbond substituents is 1. The van der Waals surface area contributed by atoms with Gasteiger partial charge in [0, 0.05) is 17.8 Å². The van der Waals surface area contributed by atoms with Crippen molar-refractivity contribution < 1.29 is 9.90 Å². The van der Waals surface area contributed by atoms with Gasteiger partial charge in [-0.25, -0.2) is 0 Å². The second-order valence-electron chi connectivity index (χ2n) is 8.81. The maximum atomic E-state index is 12.6. The molecule has 1 N–H and O–H groups in total. The standard InChI is InChI=1S/C24H26O2/c1-24-12-11-18-17-8-7-16(25)13-20(17)19(15-5-3-2-4-6-15)14-21(18)22(24)9-10-23(24)26/h2-8,13,18-19,21-22,25H,9-12,14H2,1H3/t18-,19-,21-,22+,24+/m1/s1. The molecule has 3 aliphatic rings. The topological polar surface area (TPSA) is 37.3 Å². The number of hydrogen-bond donors (Lipinski definition) is 1. The smallest absolute Gasteiger partial charge is 0.139 e. The van der Waals surface area contributed by atoms with Crippen LogP contribution in [0.1, 0.15) is 67.6 Å². The van der Waals surface area contributed by atoms with Gasteiger partial charge in [0.05, 0.1) is 0 Å². The second-order valence-corrected chi connectivity index (χ2v) is 8.81. The number of Topliss-reactive ketones (excluding diaryl/α,β-unsaturated/α-hetero) is 1. The molecule has 2 heteroatoms. The number of fused-ring (bicyclic) bond motifs is 5. The zero-order chi connectivity index (χ0) is 17.9. The third kappa shape index (κ3) is 2.21. The summed E-state index contributed by atoms with van der Waals surface area (Å²) in [6, 6.07) is 16.7. The minimum Gasteiger partial charge on any atom is -0.508 e. The molecule has 0 bridgehead atoms. The van der Waals surface area contributed by atoms with Crippen LogP contribution in [-0.2, 0) is 4.79 Å². The summed E-state index contributed by atoms with van der Waals surface area (Å²) in [5.41, 5.74) is 3.94. The molecule has 2 saturated carbocycles. The number of ketones is 1. The lowest BCUT2D eigenvalue weighted by molar-refractivity contribution is -0.129. The third-order valence-electron chi connectivity index (χ3n) is 7.70. The van der Waals surface area contributed by atoms with Crippen LogP contribution in [0.15, 0.2) is 48.5 Å². The Hall–Kier alpha value is -2.09. The molecule has 2 nitrogen and oxygen atoms in total. The molecule has 26 heavy (non-hydrogen) atoms. The van der Waals surface area contributed by atoms with E-state index in [4.69, 9.17) is 0 Å². The highest BCUT2D eigenvalue weighted by Gasteiger charge is 2.55. The lowest BCUT2D eigenvalue weighted by Gasteiger charge is -2.50. The molecule has 5 atom stereocenters. The Labute approximate surface area is 155 Å². The van der Waals surface area contributed by atoms with Gasteiger partial charge in [-0.2, -0.15) is 0 Å². The van der Waals surface area contributed by atoms with E-state index in [-0.39, 0.29) is 5.41 Å². The first-order chi connectivity index (χ1) is 12.6. The lowest BCUT2D eigenvalue weighted by Crippen LogP contribution is -2.43. The van der Waals surface area contributed by atoms with E-state index >= 15 is 0 Å². The molecule has 0 unspecified atom stereocenters. The Morgan fingerprint density at radius 2 is 1.85 bits per heavy atom. The fraction of sp³-hybridized carbons (Fsp3) is 0.458. The van der Waals surface area contributed by atoms with Crippen LogP contribution in [0.4, 0.5) is 0 Å². The summed E-state index contributed by atoms with van der Waals surface area (Å²) in [7, 11) is 0. The van der Waals surface area contributed by atoms with Gasteiger partial charge in [0.25, 0.3) is 0 Å². The fourth-order valence-electron chi connectivity index (χ4n) is 6.38. The SMILES string of the molecule is C[C@]12CC[C@@H]3c4ccc(O)cc4[C@@H](c4ccccc4)C[C@H]3[C@@H]1CCC2=O. The third-order valence-corrected chi connectivity index (χ3v) is 7.70. The van der Waals surface area contributed by atoms with Crippen molar-refractivity contribution in [2.75, 3.05) is 0 Å². The fourth-order valence-corrected chi connectivity index (χ4v) is 6.38. The average Bonchev–Trinajstić information content (AvgIpc) is 2.96. The van der Waals surface area contributed by atoms with Crippen LogP contribution >= 0.6 is 0 Å². The van der Waals surface area contributed by atoms with Gasteiger partial charge in [-0.15, -0.1) is 0 Å². The number of aromatic hydroxyl groups is 1. The highest BCUT2D eigenvalue weighted by atomic mass is 16.3. The highest BCUT2D eigenvalue weighted by molar-refractivity contribution is 5.87. The van der Waals surface area contributed by atoms with Crippen molar-refractivity contribution in [3.8, 4) is 5.75 Å². The lowest BCUT2D eigenvalue weighted by atomic mass is 9.53. The van der Waals surface area contributed by atoms with E-state index in [1.54, 1.807) is 0 Å². The van der Waals surface area contributed by atoms with Crippen molar-refractivity contribution in [2.45, 2.75) is 50.9 Å². The minimum absolute atomic E-state index is 0.100. The van der Waals surface area contributed by atoms with Gasteiger partial charge >= 0.3 is 0 Å². The molecule has 0 aromatic heterocycles. The summed E-state index contributed by atoms with van der Waals surface area (Å²) < 4.78 is 0. The molecule has 0 aliphatic heterocycles. The Balaban J connectivity index is 1.63.